The van der Waals surface area contributed by atoms with Crippen molar-refractivity contribution >= 4 is 11.6 Å². The van der Waals surface area contributed by atoms with Gasteiger partial charge in [-0.15, -0.1) is 0 Å². The molecule has 2 aromatic carbocycles. The Morgan fingerprint density at radius 2 is 1.96 bits per heavy atom. The maximum atomic E-state index is 13.7. The first-order valence-corrected chi connectivity index (χ1v) is 7.65. The third-order valence-corrected chi connectivity index (χ3v) is 3.56. The van der Waals surface area contributed by atoms with Crippen LogP contribution in [0.3, 0.4) is 0 Å². The predicted octanol–water partition coefficient (Wildman–Crippen LogP) is 3.92. The van der Waals surface area contributed by atoms with Gasteiger partial charge in [0.05, 0.1) is 23.4 Å². The van der Waals surface area contributed by atoms with Crippen LogP contribution in [-0.2, 0) is 11.2 Å². The number of benzene rings is 2. The minimum Gasteiger partial charge on any atom is -0.441 e. The van der Waals surface area contributed by atoms with Crippen LogP contribution in [0.5, 0.6) is 0 Å². The largest absolute Gasteiger partial charge is 0.441 e. The minimum atomic E-state index is -0.385. The first kappa shape index (κ1) is 16.4. The maximum Gasteiger partial charge on any atom is 0.224 e. The second kappa shape index (κ2) is 7.41. The molecule has 5 nitrogen and oxygen atoms in total. The number of carbonyl (C=O) groups excluding carboxylic acids is 1. The summed E-state index contributed by atoms with van der Waals surface area (Å²) in [5.41, 5.74) is 1.48. The highest BCUT2D eigenvalue weighted by Gasteiger charge is 2.12. The van der Waals surface area contributed by atoms with Crippen molar-refractivity contribution in [2.24, 2.45) is 0 Å². The van der Waals surface area contributed by atoms with Crippen molar-refractivity contribution in [3.8, 4) is 17.4 Å². The van der Waals surface area contributed by atoms with E-state index in [-0.39, 0.29) is 18.1 Å². The third kappa shape index (κ3) is 4.09. The Morgan fingerprint density at radius 3 is 2.68 bits per heavy atom. The van der Waals surface area contributed by atoms with E-state index in [1.807, 2.05) is 6.07 Å². The lowest BCUT2D eigenvalue weighted by atomic mass is 10.2. The van der Waals surface area contributed by atoms with Crippen LogP contribution in [-0.4, -0.2) is 10.9 Å². The first-order valence-electron chi connectivity index (χ1n) is 7.65. The fraction of sp³-hybridized carbons (Fsp3) is 0.105. The van der Waals surface area contributed by atoms with Crippen LogP contribution in [0.25, 0.3) is 11.3 Å². The van der Waals surface area contributed by atoms with E-state index in [4.69, 9.17) is 9.68 Å². The molecule has 0 atom stereocenters. The molecule has 6 heteroatoms. The highest BCUT2D eigenvalue weighted by atomic mass is 19.1. The summed E-state index contributed by atoms with van der Waals surface area (Å²) in [4.78, 5) is 16.1. The van der Waals surface area contributed by atoms with E-state index in [1.54, 1.807) is 42.5 Å². The van der Waals surface area contributed by atoms with Crippen molar-refractivity contribution in [1.29, 1.82) is 5.26 Å². The van der Waals surface area contributed by atoms with Gasteiger partial charge >= 0.3 is 0 Å². The zero-order chi connectivity index (χ0) is 17.6. The lowest BCUT2D eigenvalue weighted by molar-refractivity contribution is -0.116. The van der Waals surface area contributed by atoms with E-state index in [2.05, 4.69) is 10.3 Å². The number of amides is 1. The molecule has 1 amide bonds. The van der Waals surface area contributed by atoms with Gasteiger partial charge in [0.2, 0.25) is 5.91 Å². The average Bonchev–Trinajstić information content (AvgIpc) is 3.10. The Labute approximate surface area is 143 Å². The zero-order valence-corrected chi connectivity index (χ0v) is 13.2. The average molecular weight is 335 g/mol. The van der Waals surface area contributed by atoms with Crippen molar-refractivity contribution < 1.29 is 13.6 Å². The number of aryl methyl sites for hydroxylation is 1. The monoisotopic (exact) mass is 335 g/mol. The molecule has 0 fully saturated rings. The molecule has 0 radical (unpaired) electrons. The number of halogens is 1. The van der Waals surface area contributed by atoms with Crippen LogP contribution in [0.2, 0.25) is 0 Å². The van der Waals surface area contributed by atoms with E-state index in [1.165, 1.54) is 12.3 Å². The molecule has 0 bridgehead atoms. The summed E-state index contributed by atoms with van der Waals surface area (Å²) in [6.07, 6.45) is 1.93. The van der Waals surface area contributed by atoms with Crippen molar-refractivity contribution in [3.63, 3.8) is 0 Å². The second-order valence-corrected chi connectivity index (χ2v) is 5.34. The number of carbonyl (C=O) groups is 1. The lowest BCUT2D eigenvalue weighted by Gasteiger charge is -2.04. The molecule has 1 heterocycles. The van der Waals surface area contributed by atoms with Crippen LogP contribution >= 0.6 is 0 Å². The van der Waals surface area contributed by atoms with Crippen LogP contribution in [0.1, 0.15) is 17.9 Å². The van der Waals surface area contributed by atoms with Gasteiger partial charge in [-0.3, -0.25) is 4.79 Å². The summed E-state index contributed by atoms with van der Waals surface area (Å²) in [5, 5.41) is 11.5. The molecule has 1 N–H and O–H groups in total. The Bertz CT molecular complexity index is 926. The van der Waals surface area contributed by atoms with Gasteiger partial charge in [-0.05, 0) is 36.4 Å². The minimum absolute atomic E-state index is 0.178. The molecule has 0 aliphatic carbocycles. The Morgan fingerprint density at radius 1 is 1.20 bits per heavy atom. The van der Waals surface area contributed by atoms with Crippen molar-refractivity contribution in [2.75, 3.05) is 5.32 Å². The molecule has 0 saturated heterocycles. The number of nitrogens with one attached hydrogen (secondary N) is 1. The number of aromatic nitrogens is 1. The number of hydrogen-bond acceptors (Lipinski definition) is 4. The van der Waals surface area contributed by atoms with E-state index in [0.29, 0.717) is 34.9 Å². The third-order valence-electron chi connectivity index (χ3n) is 3.56. The molecule has 124 valence electrons. The topological polar surface area (TPSA) is 78.9 Å². The summed E-state index contributed by atoms with van der Waals surface area (Å²) in [6, 6.07) is 14.9. The molecule has 1 aromatic heterocycles. The summed E-state index contributed by atoms with van der Waals surface area (Å²) < 4.78 is 19.2. The standard InChI is InChI=1S/C19H14FN3O2/c20-16-4-2-1-3-15(16)17-12-22-19(25-17)10-9-18(24)23-14-7-5-13(11-21)6-8-14/h1-8,12H,9-10H2,(H,23,24). The normalized spacial score (nSPS) is 10.2. The SMILES string of the molecule is N#Cc1ccc(NC(=O)CCc2ncc(-c3ccccc3F)o2)cc1. The molecule has 25 heavy (non-hydrogen) atoms. The van der Waals surface area contributed by atoms with Crippen LogP contribution in [0.4, 0.5) is 10.1 Å². The van der Waals surface area contributed by atoms with Gasteiger partial charge in [-0.1, -0.05) is 12.1 Å². The molecule has 0 spiro atoms. The smallest absolute Gasteiger partial charge is 0.224 e. The number of rotatable bonds is 5. The van der Waals surface area contributed by atoms with Gasteiger partial charge in [0.1, 0.15) is 5.82 Å². The fourth-order valence-corrected chi connectivity index (χ4v) is 2.28. The van der Waals surface area contributed by atoms with Gasteiger partial charge in [0.15, 0.2) is 11.7 Å². The number of nitrogens with zero attached hydrogens (tertiary/aromatic N) is 2. The fourth-order valence-electron chi connectivity index (χ4n) is 2.28. The second-order valence-electron chi connectivity index (χ2n) is 5.34. The van der Waals surface area contributed by atoms with Crippen LogP contribution in [0.15, 0.2) is 59.1 Å². The summed E-state index contributed by atoms with van der Waals surface area (Å²) in [6.45, 7) is 0. The molecular weight excluding hydrogens is 321 g/mol. The molecule has 0 saturated carbocycles. The van der Waals surface area contributed by atoms with Crippen molar-refractivity contribution in [3.05, 3.63) is 72.0 Å². The first-order chi connectivity index (χ1) is 12.2. The quantitative estimate of drug-likeness (QED) is 0.766. The van der Waals surface area contributed by atoms with E-state index in [9.17, 15) is 9.18 Å². The van der Waals surface area contributed by atoms with Crippen molar-refractivity contribution in [2.45, 2.75) is 12.8 Å². The van der Waals surface area contributed by atoms with E-state index < -0.39 is 0 Å². The van der Waals surface area contributed by atoms with Crippen LogP contribution in [0, 0.1) is 17.1 Å². The number of hydrogen-bond donors (Lipinski definition) is 1. The van der Waals surface area contributed by atoms with Gasteiger partial charge < -0.3 is 9.73 Å². The van der Waals surface area contributed by atoms with Gasteiger partial charge in [-0.2, -0.15) is 5.26 Å². The molecule has 3 aromatic rings. The number of oxazole rings is 1. The maximum absolute atomic E-state index is 13.7. The highest BCUT2D eigenvalue weighted by molar-refractivity contribution is 5.90. The van der Waals surface area contributed by atoms with Crippen molar-refractivity contribution in [1.82, 2.24) is 4.98 Å². The number of nitriles is 1. The van der Waals surface area contributed by atoms with Gasteiger partial charge in [0, 0.05) is 18.5 Å². The van der Waals surface area contributed by atoms with Crippen LogP contribution < -0.4 is 5.32 Å². The Kier molecular flexibility index (Phi) is 4.86. The van der Waals surface area contributed by atoms with Gasteiger partial charge in [-0.25, -0.2) is 9.37 Å². The molecule has 0 aliphatic rings. The zero-order valence-electron chi connectivity index (χ0n) is 13.2. The predicted molar refractivity (Wildman–Crippen MR) is 90.0 cm³/mol. The summed E-state index contributed by atoms with van der Waals surface area (Å²) in [5.74, 6) is 0.118. The van der Waals surface area contributed by atoms with Gasteiger partial charge in [0.25, 0.3) is 0 Å². The summed E-state index contributed by atoms with van der Waals surface area (Å²) in [7, 11) is 0. The lowest BCUT2D eigenvalue weighted by Crippen LogP contribution is -2.12. The molecule has 3 rings (SSSR count). The van der Waals surface area contributed by atoms with E-state index in [0.717, 1.165) is 0 Å². The summed E-state index contributed by atoms with van der Waals surface area (Å²) >= 11 is 0. The molecule has 0 aliphatic heterocycles. The highest BCUT2D eigenvalue weighted by Crippen LogP contribution is 2.23. The molecule has 0 unspecified atom stereocenters. The van der Waals surface area contributed by atoms with E-state index >= 15 is 0 Å². The number of anilines is 1. The Balaban J connectivity index is 1.57. The molecular formula is C19H14FN3O2. The Hall–Kier alpha value is -3.46.